The van der Waals surface area contributed by atoms with Crippen molar-refractivity contribution in [1.82, 2.24) is 0 Å². The molecular formula is C23H38O6. The van der Waals surface area contributed by atoms with Crippen molar-refractivity contribution in [2.45, 2.75) is 90.3 Å². The molecule has 1 aliphatic rings. The summed E-state index contributed by atoms with van der Waals surface area (Å²) in [7, 11) is 1.33. The highest BCUT2D eigenvalue weighted by Gasteiger charge is 2.40. The Balaban J connectivity index is 2.52. The lowest BCUT2D eigenvalue weighted by Crippen LogP contribution is -2.22. The third kappa shape index (κ3) is 9.68. The zero-order valence-corrected chi connectivity index (χ0v) is 18.1. The molecule has 0 aromatic rings. The maximum atomic E-state index is 12.3. The van der Waals surface area contributed by atoms with Crippen LogP contribution in [-0.4, -0.2) is 47.1 Å². The molecule has 166 valence electrons. The Morgan fingerprint density at radius 1 is 1.24 bits per heavy atom. The van der Waals surface area contributed by atoms with Crippen LogP contribution in [0.4, 0.5) is 0 Å². The highest BCUT2D eigenvalue weighted by atomic mass is 16.5. The van der Waals surface area contributed by atoms with E-state index >= 15 is 0 Å². The number of hydrogen-bond donors (Lipinski definition) is 2. The van der Waals surface area contributed by atoms with Gasteiger partial charge in [-0.25, -0.2) is 0 Å². The van der Waals surface area contributed by atoms with Crippen LogP contribution in [0.3, 0.4) is 0 Å². The van der Waals surface area contributed by atoms with E-state index in [0.717, 1.165) is 19.3 Å². The van der Waals surface area contributed by atoms with E-state index in [1.807, 2.05) is 0 Å². The molecule has 5 unspecified atom stereocenters. The van der Waals surface area contributed by atoms with E-state index in [0.29, 0.717) is 31.6 Å². The van der Waals surface area contributed by atoms with Crippen molar-refractivity contribution in [3.8, 4) is 0 Å². The van der Waals surface area contributed by atoms with Crippen LogP contribution >= 0.6 is 0 Å². The van der Waals surface area contributed by atoms with Crippen LogP contribution in [0.15, 0.2) is 12.2 Å². The molecule has 2 N–H and O–H groups in total. The summed E-state index contributed by atoms with van der Waals surface area (Å²) in [4.78, 5) is 35.6. The number of ether oxygens (including phenoxy) is 1. The first kappa shape index (κ1) is 25.5. The molecule has 29 heavy (non-hydrogen) atoms. The van der Waals surface area contributed by atoms with Crippen LogP contribution in [0.5, 0.6) is 0 Å². The molecule has 0 saturated heterocycles. The standard InChI is InChI=1S/C23H38O6/c1-4-5-8-16(2)13-18(25)11-12-19-20(22(27)15-21(19)26)14-17(24)9-6-7-10-23(28)29-3/h11-12,16,18-21,25-26H,4-10,13-15H2,1-3H3/b12-11+. The van der Waals surface area contributed by atoms with Gasteiger partial charge in [-0.05, 0) is 25.2 Å². The van der Waals surface area contributed by atoms with Crippen LogP contribution in [0, 0.1) is 17.8 Å². The fourth-order valence-electron chi connectivity index (χ4n) is 3.95. The van der Waals surface area contributed by atoms with Gasteiger partial charge in [0.2, 0.25) is 0 Å². The summed E-state index contributed by atoms with van der Waals surface area (Å²) < 4.78 is 4.57. The van der Waals surface area contributed by atoms with Gasteiger partial charge >= 0.3 is 5.97 Å². The van der Waals surface area contributed by atoms with E-state index < -0.39 is 24.0 Å². The molecule has 0 bridgehead atoms. The van der Waals surface area contributed by atoms with Gasteiger partial charge in [-0.3, -0.25) is 14.4 Å². The number of unbranched alkanes of at least 4 members (excludes halogenated alkanes) is 2. The second-order valence-electron chi connectivity index (χ2n) is 8.38. The first-order valence-corrected chi connectivity index (χ1v) is 10.9. The molecule has 0 aromatic heterocycles. The van der Waals surface area contributed by atoms with Gasteiger partial charge in [0, 0.05) is 37.5 Å². The lowest BCUT2D eigenvalue weighted by Gasteiger charge is -2.18. The van der Waals surface area contributed by atoms with Crippen LogP contribution in [-0.2, 0) is 19.1 Å². The van der Waals surface area contributed by atoms with Crippen molar-refractivity contribution in [1.29, 1.82) is 0 Å². The molecule has 6 nitrogen and oxygen atoms in total. The van der Waals surface area contributed by atoms with Crippen LogP contribution in [0.2, 0.25) is 0 Å². The average molecular weight is 411 g/mol. The molecule has 1 aliphatic carbocycles. The molecule has 1 saturated carbocycles. The van der Waals surface area contributed by atoms with E-state index in [9.17, 15) is 24.6 Å². The monoisotopic (exact) mass is 410 g/mol. The summed E-state index contributed by atoms with van der Waals surface area (Å²) >= 11 is 0. The Hall–Kier alpha value is -1.53. The second-order valence-corrected chi connectivity index (χ2v) is 8.38. The number of carbonyl (C=O) groups is 3. The van der Waals surface area contributed by atoms with E-state index in [4.69, 9.17) is 0 Å². The van der Waals surface area contributed by atoms with Gasteiger partial charge < -0.3 is 14.9 Å². The van der Waals surface area contributed by atoms with Crippen LogP contribution in [0.25, 0.3) is 0 Å². The summed E-state index contributed by atoms with van der Waals surface area (Å²) in [5.74, 6) is -0.970. The van der Waals surface area contributed by atoms with Gasteiger partial charge in [-0.2, -0.15) is 0 Å². The summed E-state index contributed by atoms with van der Waals surface area (Å²) in [6, 6.07) is 0. The zero-order valence-electron chi connectivity index (χ0n) is 18.1. The number of methoxy groups -OCH3 is 1. The Morgan fingerprint density at radius 3 is 2.59 bits per heavy atom. The lowest BCUT2D eigenvalue weighted by molar-refractivity contribution is -0.140. The molecule has 0 spiro atoms. The van der Waals surface area contributed by atoms with Crippen LogP contribution in [0.1, 0.15) is 78.1 Å². The lowest BCUT2D eigenvalue weighted by atomic mass is 9.87. The summed E-state index contributed by atoms with van der Waals surface area (Å²) in [5.41, 5.74) is 0. The Kier molecular flexibility index (Phi) is 12.0. The van der Waals surface area contributed by atoms with Crippen molar-refractivity contribution in [3.05, 3.63) is 12.2 Å². The number of rotatable bonds is 14. The first-order valence-electron chi connectivity index (χ1n) is 10.9. The van der Waals surface area contributed by atoms with E-state index in [1.54, 1.807) is 12.2 Å². The zero-order chi connectivity index (χ0) is 21.8. The topological polar surface area (TPSA) is 101 Å². The van der Waals surface area contributed by atoms with Crippen molar-refractivity contribution in [3.63, 3.8) is 0 Å². The van der Waals surface area contributed by atoms with Crippen molar-refractivity contribution in [2.75, 3.05) is 7.11 Å². The van der Waals surface area contributed by atoms with Gasteiger partial charge in [0.1, 0.15) is 11.6 Å². The maximum Gasteiger partial charge on any atom is 0.305 e. The molecule has 0 radical (unpaired) electrons. The maximum absolute atomic E-state index is 12.3. The minimum absolute atomic E-state index is 0.0329. The van der Waals surface area contributed by atoms with E-state index in [2.05, 4.69) is 18.6 Å². The summed E-state index contributed by atoms with van der Waals surface area (Å²) in [5, 5.41) is 20.5. The third-order valence-electron chi connectivity index (χ3n) is 5.74. The fraction of sp³-hybridized carbons (Fsp3) is 0.783. The number of hydrogen-bond acceptors (Lipinski definition) is 6. The third-order valence-corrected chi connectivity index (χ3v) is 5.74. The van der Waals surface area contributed by atoms with Crippen molar-refractivity contribution < 1.29 is 29.3 Å². The predicted octanol–water partition coefficient (Wildman–Crippen LogP) is 3.38. The van der Waals surface area contributed by atoms with E-state index in [1.165, 1.54) is 7.11 Å². The average Bonchev–Trinajstić information content (AvgIpc) is 2.94. The van der Waals surface area contributed by atoms with Crippen molar-refractivity contribution >= 4 is 17.5 Å². The number of carbonyl (C=O) groups excluding carboxylic acids is 3. The van der Waals surface area contributed by atoms with Gasteiger partial charge in [0.05, 0.1) is 19.3 Å². The first-order chi connectivity index (χ1) is 13.8. The number of aliphatic hydroxyl groups is 2. The van der Waals surface area contributed by atoms with Gasteiger partial charge in [0.25, 0.3) is 0 Å². The minimum atomic E-state index is -0.805. The van der Waals surface area contributed by atoms with Gasteiger partial charge in [-0.15, -0.1) is 0 Å². The van der Waals surface area contributed by atoms with Crippen LogP contribution < -0.4 is 0 Å². The highest BCUT2D eigenvalue weighted by Crippen LogP contribution is 2.34. The quantitative estimate of drug-likeness (QED) is 0.259. The normalized spacial score (nSPS) is 24.0. The molecule has 0 aromatic carbocycles. The number of aliphatic hydroxyl groups excluding tert-OH is 2. The molecule has 0 amide bonds. The fourth-order valence-corrected chi connectivity index (χ4v) is 3.95. The summed E-state index contributed by atoms with van der Waals surface area (Å²) in [6.07, 6.45) is 7.86. The Bertz CT molecular complexity index is 556. The van der Waals surface area contributed by atoms with Gasteiger partial charge in [-0.1, -0.05) is 45.3 Å². The number of ketones is 2. The smallest absolute Gasteiger partial charge is 0.305 e. The highest BCUT2D eigenvalue weighted by molar-refractivity contribution is 5.90. The SMILES string of the molecule is CCCCC(C)CC(O)/C=C/C1C(O)CC(=O)C1CC(=O)CCCCC(=O)OC. The predicted molar refractivity (Wildman–Crippen MR) is 111 cm³/mol. The molecule has 1 rings (SSSR count). The Labute approximate surface area is 174 Å². The van der Waals surface area contributed by atoms with E-state index in [-0.39, 0.29) is 36.8 Å². The Morgan fingerprint density at radius 2 is 1.93 bits per heavy atom. The molecule has 1 fully saturated rings. The number of esters is 1. The second kappa shape index (κ2) is 13.6. The van der Waals surface area contributed by atoms with Gasteiger partial charge in [0.15, 0.2) is 0 Å². The minimum Gasteiger partial charge on any atom is -0.469 e. The molecule has 0 heterocycles. The molecule has 5 atom stereocenters. The molecular weight excluding hydrogens is 372 g/mol. The summed E-state index contributed by atoms with van der Waals surface area (Å²) in [6.45, 7) is 4.25. The number of Topliss-reactive ketones (excluding diaryl/α,β-unsaturated/α-hetero) is 2. The molecule has 0 aliphatic heterocycles. The largest absolute Gasteiger partial charge is 0.469 e. The molecule has 6 heteroatoms. The van der Waals surface area contributed by atoms with Crippen molar-refractivity contribution in [2.24, 2.45) is 17.8 Å².